The van der Waals surface area contributed by atoms with Crippen molar-refractivity contribution in [2.24, 2.45) is 0 Å². The minimum Gasteiger partial charge on any atom is -0.436 e. The smallest absolute Gasteiger partial charge is 0.227 e. The first-order valence-corrected chi connectivity index (χ1v) is 7.40. The molecule has 0 amide bonds. The van der Waals surface area contributed by atoms with Crippen molar-refractivity contribution in [3.63, 3.8) is 0 Å². The highest BCUT2D eigenvalue weighted by molar-refractivity contribution is 6.31. The fourth-order valence-corrected chi connectivity index (χ4v) is 2.72. The Bertz CT molecular complexity index is 911. The van der Waals surface area contributed by atoms with E-state index in [2.05, 4.69) is 17.1 Å². The highest BCUT2D eigenvalue weighted by Gasteiger charge is 2.14. The van der Waals surface area contributed by atoms with Crippen LogP contribution < -0.4 is 0 Å². The van der Waals surface area contributed by atoms with Crippen LogP contribution in [0, 0.1) is 0 Å². The van der Waals surface area contributed by atoms with E-state index in [-0.39, 0.29) is 0 Å². The Balaban J connectivity index is 1.95. The fourth-order valence-electron chi connectivity index (χ4n) is 2.55. The Morgan fingerprint density at radius 2 is 1.55 bits per heavy atom. The second-order valence-electron chi connectivity index (χ2n) is 5.04. The Morgan fingerprint density at radius 3 is 2.36 bits per heavy atom. The van der Waals surface area contributed by atoms with Crippen LogP contribution in [-0.2, 0) is 0 Å². The molecule has 2 nitrogen and oxygen atoms in total. The number of para-hydroxylation sites is 2. The van der Waals surface area contributed by atoms with Gasteiger partial charge in [-0.25, -0.2) is 4.98 Å². The molecule has 0 aliphatic rings. The molecule has 0 fully saturated rings. The molecular weight excluding hydrogens is 294 g/mol. The number of hydrogen-bond acceptors (Lipinski definition) is 2. The van der Waals surface area contributed by atoms with E-state index in [9.17, 15) is 0 Å². The first kappa shape index (κ1) is 13.1. The maximum atomic E-state index is 6.18. The van der Waals surface area contributed by atoms with Crippen LogP contribution in [0.2, 0.25) is 5.02 Å². The Hall–Kier alpha value is -2.58. The third-order valence-electron chi connectivity index (χ3n) is 3.59. The average molecular weight is 306 g/mol. The number of hydrogen-bond donors (Lipinski definition) is 0. The molecule has 0 unspecified atom stereocenters. The van der Waals surface area contributed by atoms with Gasteiger partial charge >= 0.3 is 0 Å². The van der Waals surface area contributed by atoms with Crippen molar-refractivity contribution in [1.29, 1.82) is 0 Å². The minimum atomic E-state index is 0.586. The largest absolute Gasteiger partial charge is 0.436 e. The fraction of sp³-hybridized carbons (Fsp3) is 0. The third kappa shape index (κ3) is 2.28. The maximum Gasteiger partial charge on any atom is 0.227 e. The quantitative estimate of drug-likeness (QED) is 0.466. The van der Waals surface area contributed by atoms with Gasteiger partial charge in [0.2, 0.25) is 5.89 Å². The lowest BCUT2D eigenvalue weighted by Crippen LogP contribution is -1.85. The molecule has 0 atom stereocenters. The van der Waals surface area contributed by atoms with Crippen LogP contribution in [-0.4, -0.2) is 4.98 Å². The van der Waals surface area contributed by atoms with E-state index in [0.717, 1.165) is 27.8 Å². The summed E-state index contributed by atoms with van der Waals surface area (Å²) >= 11 is 6.18. The summed E-state index contributed by atoms with van der Waals surface area (Å²) in [5.41, 5.74) is 4.68. The lowest BCUT2D eigenvalue weighted by molar-refractivity contribution is 0.620. The van der Waals surface area contributed by atoms with Crippen LogP contribution in [0.3, 0.4) is 0 Å². The van der Waals surface area contributed by atoms with Gasteiger partial charge in [-0.3, -0.25) is 0 Å². The van der Waals surface area contributed by atoms with Gasteiger partial charge in [-0.1, -0.05) is 60.1 Å². The molecule has 0 aliphatic carbocycles. The van der Waals surface area contributed by atoms with Crippen LogP contribution in [0.5, 0.6) is 0 Å². The molecule has 1 aromatic heterocycles. The van der Waals surface area contributed by atoms with Gasteiger partial charge in [-0.05, 0) is 35.4 Å². The number of benzene rings is 3. The Labute approximate surface area is 133 Å². The Kier molecular flexibility index (Phi) is 3.17. The lowest BCUT2D eigenvalue weighted by Gasteiger charge is -2.07. The predicted octanol–water partition coefficient (Wildman–Crippen LogP) is 5.82. The molecular formula is C19H12ClNO. The minimum absolute atomic E-state index is 0.586. The summed E-state index contributed by atoms with van der Waals surface area (Å²) in [5, 5.41) is 0.664. The van der Waals surface area contributed by atoms with Gasteiger partial charge in [0, 0.05) is 10.6 Å². The van der Waals surface area contributed by atoms with Gasteiger partial charge < -0.3 is 4.42 Å². The number of halogens is 1. The van der Waals surface area contributed by atoms with E-state index in [1.807, 2.05) is 60.7 Å². The molecule has 0 radical (unpaired) electrons. The molecule has 22 heavy (non-hydrogen) atoms. The van der Waals surface area contributed by atoms with Crippen molar-refractivity contribution in [2.75, 3.05) is 0 Å². The van der Waals surface area contributed by atoms with Gasteiger partial charge in [0.25, 0.3) is 0 Å². The van der Waals surface area contributed by atoms with E-state index in [0.29, 0.717) is 10.9 Å². The van der Waals surface area contributed by atoms with Crippen LogP contribution in [0.1, 0.15) is 0 Å². The van der Waals surface area contributed by atoms with Crippen molar-refractivity contribution < 1.29 is 4.42 Å². The monoisotopic (exact) mass is 305 g/mol. The molecule has 0 saturated heterocycles. The van der Waals surface area contributed by atoms with E-state index < -0.39 is 0 Å². The van der Waals surface area contributed by atoms with Crippen molar-refractivity contribution in [2.45, 2.75) is 0 Å². The predicted molar refractivity (Wildman–Crippen MR) is 89.9 cm³/mol. The van der Waals surface area contributed by atoms with Crippen LogP contribution in [0.4, 0.5) is 0 Å². The van der Waals surface area contributed by atoms with Gasteiger partial charge in [-0.2, -0.15) is 0 Å². The zero-order valence-corrected chi connectivity index (χ0v) is 12.4. The van der Waals surface area contributed by atoms with Crippen molar-refractivity contribution in [3.05, 3.63) is 77.8 Å². The summed E-state index contributed by atoms with van der Waals surface area (Å²) in [5.74, 6) is 0.586. The van der Waals surface area contributed by atoms with Gasteiger partial charge in [0.05, 0.1) is 0 Å². The van der Waals surface area contributed by atoms with E-state index >= 15 is 0 Å². The number of oxazole rings is 1. The van der Waals surface area contributed by atoms with E-state index in [1.165, 1.54) is 0 Å². The molecule has 0 N–H and O–H groups in total. The maximum absolute atomic E-state index is 6.18. The van der Waals surface area contributed by atoms with Crippen molar-refractivity contribution in [3.8, 4) is 22.6 Å². The first-order valence-electron chi connectivity index (χ1n) is 7.02. The highest BCUT2D eigenvalue weighted by atomic mass is 35.5. The summed E-state index contributed by atoms with van der Waals surface area (Å²) in [7, 11) is 0. The van der Waals surface area contributed by atoms with E-state index in [4.69, 9.17) is 16.0 Å². The molecule has 1 heterocycles. The molecule has 3 aromatic carbocycles. The molecule has 4 aromatic rings. The molecule has 3 heteroatoms. The number of aromatic nitrogens is 1. The van der Waals surface area contributed by atoms with Gasteiger partial charge in [-0.15, -0.1) is 0 Å². The van der Waals surface area contributed by atoms with Crippen molar-refractivity contribution in [1.82, 2.24) is 4.98 Å². The van der Waals surface area contributed by atoms with Gasteiger partial charge in [0.15, 0.2) is 5.58 Å². The van der Waals surface area contributed by atoms with Crippen LogP contribution in [0.15, 0.2) is 77.2 Å². The zero-order valence-electron chi connectivity index (χ0n) is 11.7. The number of rotatable bonds is 2. The van der Waals surface area contributed by atoms with Crippen LogP contribution >= 0.6 is 11.6 Å². The SMILES string of the molecule is Clc1ccc(-c2ccccc2)c(-c2nc3ccccc3o2)c1. The standard InChI is InChI=1S/C19H12ClNO/c20-14-10-11-15(13-6-2-1-3-7-13)16(12-14)19-21-17-8-4-5-9-18(17)22-19/h1-12H. The molecule has 106 valence electrons. The second kappa shape index (κ2) is 5.32. The van der Waals surface area contributed by atoms with Gasteiger partial charge in [0.1, 0.15) is 5.52 Å². The molecule has 0 bridgehead atoms. The summed E-state index contributed by atoms with van der Waals surface area (Å²) < 4.78 is 5.90. The second-order valence-corrected chi connectivity index (χ2v) is 5.48. The highest BCUT2D eigenvalue weighted by Crippen LogP contribution is 2.35. The Morgan fingerprint density at radius 1 is 0.773 bits per heavy atom. The summed E-state index contributed by atoms with van der Waals surface area (Å²) in [6.45, 7) is 0. The normalized spacial score (nSPS) is 11.0. The molecule has 0 saturated carbocycles. The molecule has 0 spiro atoms. The van der Waals surface area contributed by atoms with Crippen molar-refractivity contribution >= 4 is 22.7 Å². The molecule has 4 rings (SSSR count). The zero-order chi connectivity index (χ0) is 14.9. The summed E-state index contributed by atoms with van der Waals surface area (Å²) in [4.78, 5) is 4.58. The first-order chi connectivity index (χ1) is 10.8. The number of nitrogens with zero attached hydrogens (tertiary/aromatic N) is 1. The topological polar surface area (TPSA) is 26.0 Å². The number of fused-ring (bicyclic) bond motifs is 1. The third-order valence-corrected chi connectivity index (χ3v) is 3.83. The van der Waals surface area contributed by atoms with Crippen LogP contribution in [0.25, 0.3) is 33.7 Å². The lowest BCUT2D eigenvalue weighted by atomic mass is 10.00. The summed E-state index contributed by atoms with van der Waals surface area (Å²) in [6.07, 6.45) is 0. The van der Waals surface area contributed by atoms with E-state index in [1.54, 1.807) is 0 Å². The summed E-state index contributed by atoms with van der Waals surface area (Å²) in [6, 6.07) is 23.7. The molecule has 0 aliphatic heterocycles. The average Bonchev–Trinajstić information content (AvgIpc) is 2.99.